The van der Waals surface area contributed by atoms with Crippen LogP contribution < -0.4 is 31.2 Å². The second-order valence-corrected chi connectivity index (χ2v) is 9.97. The van der Waals surface area contributed by atoms with Gasteiger partial charge in [-0.15, -0.1) is 0 Å². The first kappa shape index (κ1) is 28.8. The van der Waals surface area contributed by atoms with Crippen molar-refractivity contribution in [2.45, 2.75) is 38.3 Å². The lowest BCUT2D eigenvalue weighted by Gasteiger charge is -2.33. The number of benzene rings is 2. The highest BCUT2D eigenvalue weighted by Crippen LogP contribution is 2.38. The van der Waals surface area contributed by atoms with Crippen molar-refractivity contribution >= 4 is 40.6 Å². The van der Waals surface area contributed by atoms with Gasteiger partial charge >= 0.3 is 0 Å². The number of nitrogen functional groups attached to an aromatic ring is 1. The van der Waals surface area contributed by atoms with Crippen LogP contribution in [0, 0.1) is 0 Å². The SMILES string of the molecule is CCc1ccccc1N(C(=O)c1snc(C(N)=O)c1N)[C@H](C(=O)NC[C@H]1CCCO1)c1ccc(OC)c(OC)c1. The van der Waals surface area contributed by atoms with Gasteiger partial charge in [0.25, 0.3) is 11.8 Å². The normalized spacial score (nSPS) is 15.3. The third-order valence-electron chi connectivity index (χ3n) is 6.76. The van der Waals surface area contributed by atoms with Crippen LogP contribution in [-0.2, 0) is 16.0 Å². The maximum Gasteiger partial charge on any atom is 0.273 e. The highest BCUT2D eigenvalue weighted by atomic mass is 32.1. The van der Waals surface area contributed by atoms with Gasteiger partial charge in [0.15, 0.2) is 17.2 Å². The van der Waals surface area contributed by atoms with E-state index in [0.717, 1.165) is 29.9 Å². The minimum absolute atomic E-state index is 0.00268. The number of nitrogens with zero attached hydrogens (tertiary/aromatic N) is 2. The van der Waals surface area contributed by atoms with E-state index in [2.05, 4.69) is 9.69 Å². The van der Waals surface area contributed by atoms with Gasteiger partial charge in [-0.05, 0) is 60.1 Å². The Balaban J connectivity index is 1.89. The summed E-state index contributed by atoms with van der Waals surface area (Å²) in [6, 6.07) is 11.2. The van der Waals surface area contributed by atoms with E-state index in [1.54, 1.807) is 30.3 Å². The molecule has 2 aromatic carbocycles. The fourth-order valence-corrected chi connectivity index (χ4v) is 5.45. The summed E-state index contributed by atoms with van der Waals surface area (Å²) in [4.78, 5) is 41.6. The molecule has 1 fully saturated rings. The lowest BCUT2D eigenvalue weighted by molar-refractivity contribution is -0.123. The summed E-state index contributed by atoms with van der Waals surface area (Å²) >= 11 is 0.757. The van der Waals surface area contributed by atoms with Gasteiger partial charge in [0.2, 0.25) is 5.91 Å². The molecule has 4 rings (SSSR count). The fraction of sp³-hybridized carbons (Fsp3) is 0.357. The molecule has 3 amide bonds. The smallest absolute Gasteiger partial charge is 0.273 e. The summed E-state index contributed by atoms with van der Waals surface area (Å²) in [5.74, 6) is -1.02. The molecule has 11 nitrogen and oxygen atoms in total. The number of anilines is 2. The van der Waals surface area contributed by atoms with Gasteiger partial charge in [0.1, 0.15) is 10.9 Å². The highest BCUT2D eigenvalue weighted by Gasteiger charge is 2.37. The largest absolute Gasteiger partial charge is 0.493 e. The molecule has 1 aliphatic rings. The lowest BCUT2D eigenvalue weighted by atomic mass is 9.99. The van der Waals surface area contributed by atoms with Gasteiger partial charge < -0.3 is 31.0 Å². The molecule has 3 aromatic rings. The molecule has 0 spiro atoms. The van der Waals surface area contributed by atoms with E-state index in [1.165, 1.54) is 19.1 Å². The Morgan fingerprint density at radius 2 is 1.93 bits per heavy atom. The van der Waals surface area contributed by atoms with Crippen molar-refractivity contribution in [3.05, 3.63) is 64.2 Å². The summed E-state index contributed by atoms with van der Waals surface area (Å²) in [7, 11) is 3.01. The monoisotopic (exact) mass is 567 g/mol. The Kier molecular flexibility index (Phi) is 9.22. The van der Waals surface area contributed by atoms with E-state index in [1.807, 2.05) is 19.1 Å². The van der Waals surface area contributed by atoms with Crippen molar-refractivity contribution in [3.63, 3.8) is 0 Å². The quantitative estimate of drug-likeness (QED) is 0.319. The summed E-state index contributed by atoms with van der Waals surface area (Å²) in [6.45, 7) is 2.88. The Hall–Kier alpha value is -4.16. The summed E-state index contributed by atoms with van der Waals surface area (Å²) in [6.07, 6.45) is 2.22. The highest BCUT2D eigenvalue weighted by molar-refractivity contribution is 7.09. The van der Waals surface area contributed by atoms with Crippen molar-refractivity contribution in [1.82, 2.24) is 9.69 Å². The minimum Gasteiger partial charge on any atom is -0.493 e. The number of aromatic nitrogens is 1. The van der Waals surface area contributed by atoms with Gasteiger partial charge in [0.05, 0.1) is 26.0 Å². The van der Waals surface area contributed by atoms with Crippen LogP contribution in [0.1, 0.15) is 57.1 Å². The number of nitrogens with two attached hydrogens (primary N) is 2. The zero-order valence-electron chi connectivity index (χ0n) is 22.6. The van der Waals surface area contributed by atoms with Gasteiger partial charge in [-0.1, -0.05) is 31.2 Å². The van der Waals surface area contributed by atoms with Gasteiger partial charge in [-0.2, -0.15) is 4.37 Å². The van der Waals surface area contributed by atoms with Crippen LogP contribution in [0.4, 0.5) is 11.4 Å². The number of methoxy groups -OCH3 is 2. The molecule has 12 heteroatoms. The third kappa shape index (κ3) is 5.87. The summed E-state index contributed by atoms with van der Waals surface area (Å²) in [5, 5.41) is 2.97. The van der Waals surface area contributed by atoms with Gasteiger partial charge in [-0.3, -0.25) is 19.3 Å². The number of hydrogen-bond acceptors (Lipinski definition) is 9. The maximum atomic E-state index is 14.3. The van der Waals surface area contributed by atoms with Crippen molar-refractivity contribution < 1.29 is 28.6 Å². The molecular formula is C28H33N5O6S. The molecule has 0 unspecified atom stereocenters. The first-order valence-electron chi connectivity index (χ1n) is 12.9. The molecule has 1 aromatic heterocycles. The predicted molar refractivity (Wildman–Crippen MR) is 152 cm³/mol. The summed E-state index contributed by atoms with van der Waals surface area (Å²) < 4.78 is 20.6. The second kappa shape index (κ2) is 12.8. The Bertz CT molecular complexity index is 1390. The van der Waals surface area contributed by atoms with Crippen LogP contribution in [0.15, 0.2) is 42.5 Å². The molecular weight excluding hydrogens is 534 g/mol. The van der Waals surface area contributed by atoms with E-state index in [-0.39, 0.29) is 28.9 Å². The number of rotatable bonds is 11. The van der Waals surface area contributed by atoms with E-state index in [9.17, 15) is 14.4 Å². The van der Waals surface area contributed by atoms with Crippen molar-refractivity contribution in [1.29, 1.82) is 0 Å². The fourth-order valence-electron chi connectivity index (χ4n) is 4.71. The van der Waals surface area contributed by atoms with Gasteiger partial charge in [0, 0.05) is 18.8 Å². The lowest BCUT2D eigenvalue weighted by Crippen LogP contribution is -2.46. The maximum absolute atomic E-state index is 14.3. The summed E-state index contributed by atoms with van der Waals surface area (Å²) in [5.41, 5.74) is 13.1. The molecule has 212 valence electrons. The molecule has 40 heavy (non-hydrogen) atoms. The van der Waals surface area contributed by atoms with Crippen LogP contribution in [0.25, 0.3) is 0 Å². The topological polar surface area (TPSA) is 159 Å². The van der Waals surface area contributed by atoms with Crippen LogP contribution in [0.3, 0.4) is 0 Å². The number of aryl methyl sites for hydroxylation is 1. The first-order valence-corrected chi connectivity index (χ1v) is 13.7. The third-order valence-corrected chi connectivity index (χ3v) is 7.62. The number of ether oxygens (including phenoxy) is 3. The number of para-hydroxylation sites is 1. The van der Waals surface area contributed by atoms with Crippen molar-refractivity contribution in [2.75, 3.05) is 38.0 Å². The molecule has 2 atom stereocenters. The Labute approximate surface area is 236 Å². The molecule has 1 saturated heterocycles. The average Bonchev–Trinajstić information content (AvgIpc) is 3.63. The number of carbonyl (C=O) groups excluding carboxylic acids is 3. The molecule has 5 N–H and O–H groups in total. The van der Waals surface area contributed by atoms with E-state index in [0.29, 0.717) is 35.8 Å². The predicted octanol–water partition coefficient (Wildman–Crippen LogP) is 3.09. The zero-order chi connectivity index (χ0) is 28.8. The van der Waals surface area contributed by atoms with Crippen LogP contribution in [0.2, 0.25) is 0 Å². The van der Waals surface area contributed by atoms with Crippen molar-refractivity contribution in [2.24, 2.45) is 5.73 Å². The second-order valence-electron chi connectivity index (χ2n) is 9.19. The molecule has 0 saturated carbocycles. The molecule has 0 radical (unpaired) electrons. The number of amides is 3. The van der Waals surface area contributed by atoms with Crippen LogP contribution in [-0.4, -0.2) is 55.6 Å². The van der Waals surface area contributed by atoms with Crippen LogP contribution in [0.5, 0.6) is 11.5 Å². The van der Waals surface area contributed by atoms with E-state index >= 15 is 0 Å². The standard InChI is InChI=1S/C28H33N5O6S/c1-4-16-8-5-6-10-19(16)33(28(36)25-22(29)23(26(30)34)32-40-25)24(27(35)31-15-18-9-7-13-39-18)17-11-12-20(37-2)21(14-17)38-3/h5-6,8,10-12,14,18,24H,4,7,9,13,15,29H2,1-3H3,(H2,30,34)(H,31,35)/t18-,24+/m1/s1. The Morgan fingerprint density at radius 3 is 2.55 bits per heavy atom. The number of carbonyl (C=O) groups is 3. The average molecular weight is 568 g/mol. The van der Waals surface area contributed by atoms with Crippen LogP contribution >= 0.6 is 11.5 Å². The van der Waals surface area contributed by atoms with E-state index in [4.69, 9.17) is 25.7 Å². The zero-order valence-corrected chi connectivity index (χ0v) is 23.5. The van der Waals surface area contributed by atoms with Crippen molar-refractivity contribution in [3.8, 4) is 11.5 Å². The van der Waals surface area contributed by atoms with Gasteiger partial charge in [-0.25, -0.2) is 0 Å². The van der Waals surface area contributed by atoms with E-state index < -0.39 is 23.8 Å². The molecule has 1 aliphatic heterocycles. The Morgan fingerprint density at radius 1 is 1.18 bits per heavy atom. The number of nitrogens with one attached hydrogen (secondary N) is 1. The number of primary amides is 1. The minimum atomic E-state index is -1.15. The first-order chi connectivity index (χ1) is 19.3. The molecule has 2 heterocycles. The molecule has 0 aliphatic carbocycles. The molecule has 0 bridgehead atoms. The number of hydrogen-bond donors (Lipinski definition) is 3.